The van der Waals surface area contributed by atoms with E-state index in [2.05, 4.69) is 14.8 Å². The van der Waals surface area contributed by atoms with Gasteiger partial charge in [-0.05, 0) is 48.5 Å². The van der Waals surface area contributed by atoms with Crippen molar-refractivity contribution >= 4 is 21.4 Å². The van der Waals surface area contributed by atoms with E-state index in [9.17, 15) is 8.42 Å². The van der Waals surface area contributed by atoms with Gasteiger partial charge >= 0.3 is 0 Å². The van der Waals surface area contributed by atoms with E-state index in [0.717, 1.165) is 31.1 Å². The highest BCUT2D eigenvalue weighted by Gasteiger charge is 2.53. The molecular formula is C18H24N4O3S2. The molecule has 3 fully saturated rings. The van der Waals surface area contributed by atoms with Crippen LogP contribution in [0.15, 0.2) is 28.0 Å². The first-order valence-electron chi connectivity index (χ1n) is 9.58. The summed E-state index contributed by atoms with van der Waals surface area (Å²) in [7, 11) is -3.46. The highest BCUT2D eigenvalue weighted by atomic mass is 32.2. The van der Waals surface area contributed by atoms with Gasteiger partial charge in [0.2, 0.25) is 0 Å². The lowest BCUT2D eigenvalue weighted by molar-refractivity contribution is 0.0129. The van der Waals surface area contributed by atoms with Crippen molar-refractivity contribution in [2.24, 2.45) is 11.3 Å². The lowest BCUT2D eigenvalue weighted by Gasteiger charge is -2.37. The standard InChI is InChI=1S/C18H24N4O3S2/c23-27(24,16-2-1-9-26-16)22-11-15(18(12-22)5-7-25-8-6-18)17-20-19-13-21(17)10-14-3-4-14/h1-2,9,13-15H,3-8,10-12H2. The average molecular weight is 409 g/mol. The number of thiophene rings is 1. The van der Waals surface area contributed by atoms with Gasteiger partial charge < -0.3 is 9.30 Å². The second-order valence-electron chi connectivity index (χ2n) is 8.04. The van der Waals surface area contributed by atoms with Crippen LogP contribution in [0.3, 0.4) is 0 Å². The summed E-state index contributed by atoms with van der Waals surface area (Å²) in [5, 5.41) is 10.5. The zero-order valence-electron chi connectivity index (χ0n) is 15.2. The number of ether oxygens (including phenoxy) is 1. The molecule has 1 atom stereocenters. The summed E-state index contributed by atoms with van der Waals surface area (Å²) in [4.78, 5) is 0. The summed E-state index contributed by atoms with van der Waals surface area (Å²) in [5.74, 6) is 1.74. The Hall–Kier alpha value is -1.29. The Morgan fingerprint density at radius 1 is 1.30 bits per heavy atom. The van der Waals surface area contributed by atoms with Crippen LogP contribution in [-0.4, -0.2) is 53.8 Å². The molecule has 2 aromatic heterocycles. The lowest BCUT2D eigenvalue weighted by Crippen LogP contribution is -2.37. The van der Waals surface area contributed by atoms with Crippen molar-refractivity contribution in [1.29, 1.82) is 0 Å². The number of hydrogen-bond donors (Lipinski definition) is 0. The van der Waals surface area contributed by atoms with Crippen LogP contribution in [0.1, 0.15) is 37.4 Å². The van der Waals surface area contributed by atoms with E-state index < -0.39 is 10.0 Å². The van der Waals surface area contributed by atoms with Crippen molar-refractivity contribution in [3.8, 4) is 0 Å². The van der Waals surface area contributed by atoms with Gasteiger partial charge in [0.1, 0.15) is 16.4 Å². The van der Waals surface area contributed by atoms with Crippen molar-refractivity contribution in [3.05, 3.63) is 29.7 Å². The van der Waals surface area contributed by atoms with Gasteiger partial charge in [-0.3, -0.25) is 0 Å². The Morgan fingerprint density at radius 3 is 2.81 bits per heavy atom. The molecule has 9 heteroatoms. The molecule has 3 aliphatic rings. The smallest absolute Gasteiger partial charge is 0.252 e. The maximum absolute atomic E-state index is 13.2. The van der Waals surface area contributed by atoms with E-state index in [1.54, 1.807) is 16.4 Å². The molecule has 2 saturated heterocycles. The van der Waals surface area contributed by atoms with E-state index in [1.807, 2.05) is 11.7 Å². The summed E-state index contributed by atoms with van der Waals surface area (Å²) >= 11 is 1.28. The molecule has 0 radical (unpaired) electrons. The molecule has 4 heterocycles. The molecule has 0 N–H and O–H groups in total. The monoisotopic (exact) mass is 408 g/mol. The average Bonchev–Trinajstić information content (AvgIpc) is 3.06. The second kappa shape index (κ2) is 6.65. The number of sulfonamides is 1. The van der Waals surface area contributed by atoms with Gasteiger partial charge in [0.05, 0.1) is 0 Å². The molecule has 0 bridgehead atoms. The van der Waals surface area contributed by atoms with E-state index in [-0.39, 0.29) is 11.3 Å². The molecule has 0 amide bonds. The third kappa shape index (κ3) is 3.14. The Bertz CT molecular complexity index is 899. The topological polar surface area (TPSA) is 77.3 Å². The van der Waals surface area contributed by atoms with Crippen molar-refractivity contribution in [3.63, 3.8) is 0 Å². The fraction of sp³-hybridized carbons (Fsp3) is 0.667. The molecular weight excluding hydrogens is 384 g/mol. The van der Waals surface area contributed by atoms with E-state index in [1.165, 1.54) is 24.2 Å². The maximum Gasteiger partial charge on any atom is 0.252 e. The fourth-order valence-corrected chi connectivity index (χ4v) is 7.23. The van der Waals surface area contributed by atoms with Gasteiger partial charge in [-0.15, -0.1) is 21.5 Å². The van der Waals surface area contributed by atoms with Crippen molar-refractivity contribution in [2.45, 2.75) is 42.4 Å². The molecule has 27 heavy (non-hydrogen) atoms. The predicted octanol–water partition coefficient (Wildman–Crippen LogP) is 2.33. The summed E-state index contributed by atoms with van der Waals surface area (Å²) < 4.78 is 36.2. The highest BCUT2D eigenvalue weighted by molar-refractivity contribution is 7.91. The molecule has 2 aromatic rings. The van der Waals surface area contributed by atoms with E-state index >= 15 is 0 Å². The first kappa shape index (κ1) is 17.8. The largest absolute Gasteiger partial charge is 0.381 e. The van der Waals surface area contributed by atoms with Crippen LogP contribution in [0.2, 0.25) is 0 Å². The Labute approximate surface area is 163 Å². The molecule has 0 aromatic carbocycles. The van der Waals surface area contributed by atoms with Gasteiger partial charge in [0.15, 0.2) is 0 Å². The van der Waals surface area contributed by atoms with Crippen LogP contribution in [0.4, 0.5) is 0 Å². The molecule has 2 aliphatic heterocycles. The molecule has 7 nitrogen and oxygen atoms in total. The minimum absolute atomic E-state index is 0.0670. The van der Waals surface area contributed by atoms with Crippen molar-refractivity contribution < 1.29 is 13.2 Å². The normalized spacial score (nSPS) is 26.0. The predicted molar refractivity (Wildman–Crippen MR) is 101 cm³/mol. The van der Waals surface area contributed by atoms with Crippen molar-refractivity contribution in [1.82, 2.24) is 19.1 Å². The zero-order chi connectivity index (χ0) is 18.5. The summed E-state index contributed by atoms with van der Waals surface area (Å²) in [6, 6.07) is 3.49. The molecule has 1 spiro atoms. The highest BCUT2D eigenvalue weighted by Crippen LogP contribution is 2.50. The van der Waals surface area contributed by atoms with Gasteiger partial charge in [-0.1, -0.05) is 6.07 Å². The fourth-order valence-electron chi connectivity index (χ4n) is 4.54. The third-order valence-electron chi connectivity index (χ3n) is 6.30. The van der Waals surface area contributed by atoms with Crippen molar-refractivity contribution in [2.75, 3.05) is 26.3 Å². The van der Waals surface area contributed by atoms with Crippen LogP contribution in [0.5, 0.6) is 0 Å². The number of aromatic nitrogens is 3. The summed E-state index contributed by atoms with van der Waals surface area (Å²) in [5.41, 5.74) is -0.114. The van der Waals surface area contributed by atoms with E-state index in [4.69, 9.17) is 4.74 Å². The molecule has 146 valence electrons. The lowest BCUT2D eigenvalue weighted by atomic mass is 9.72. The second-order valence-corrected chi connectivity index (χ2v) is 11.2. The third-order valence-corrected chi connectivity index (χ3v) is 9.49. The maximum atomic E-state index is 13.2. The molecule has 1 aliphatic carbocycles. The van der Waals surface area contributed by atoms with E-state index in [0.29, 0.717) is 30.5 Å². The first-order valence-corrected chi connectivity index (χ1v) is 11.9. The molecule has 1 unspecified atom stereocenters. The Balaban J connectivity index is 1.50. The quantitative estimate of drug-likeness (QED) is 0.759. The first-order chi connectivity index (χ1) is 13.1. The van der Waals surface area contributed by atoms with Crippen LogP contribution in [-0.2, 0) is 21.3 Å². The number of hydrogen-bond acceptors (Lipinski definition) is 6. The molecule has 1 saturated carbocycles. The van der Waals surface area contributed by atoms with Gasteiger partial charge in [0, 0.05) is 38.8 Å². The van der Waals surface area contributed by atoms with Gasteiger partial charge in [-0.2, -0.15) is 4.31 Å². The number of rotatable bonds is 5. The van der Waals surface area contributed by atoms with Crippen LogP contribution in [0, 0.1) is 11.3 Å². The molecule has 5 rings (SSSR count). The van der Waals surface area contributed by atoms with Crippen LogP contribution in [0.25, 0.3) is 0 Å². The SMILES string of the molecule is O=S(=O)(c1cccs1)N1CC(c2nncn2CC2CC2)C2(CCOCC2)C1. The Kier molecular flexibility index (Phi) is 4.38. The summed E-state index contributed by atoms with van der Waals surface area (Å²) in [6.07, 6.45) is 6.08. The Morgan fingerprint density at radius 2 is 2.11 bits per heavy atom. The van der Waals surface area contributed by atoms with Crippen LogP contribution < -0.4 is 0 Å². The van der Waals surface area contributed by atoms with Gasteiger partial charge in [0.25, 0.3) is 10.0 Å². The van der Waals surface area contributed by atoms with Gasteiger partial charge in [-0.25, -0.2) is 8.42 Å². The zero-order valence-corrected chi connectivity index (χ0v) is 16.8. The van der Waals surface area contributed by atoms with Crippen LogP contribution >= 0.6 is 11.3 Å². The minimum Gasteiger partial charge on any atom is -0.381 e. The minimum atomic E-state index is -3.46. The summed E-state index contributed by atoms with van der Waals surface area (Å²) in [6.45, 7) is 3.32. The number of nitrogens with zero attached hydrogens (tertiary/aromatic N) is 4.